The number of hydrogen-bond acceptors (Lipinski definition) is 5. The second-order valence-corrected chi connectivity index (χ2v) is 5.28. The van der Waals surface area contributed by atoms with Crippen molar-refractivity contribution in [1.29, 1.82) is 0 Å². The quantitative estimate of drug-likeness (QED) is 0.388. The van der Waals surface area contributed by atoms with Crippen molar-refractivity contribution in [2.24, 2.45) is 10.9 Å². The van der Waals surface area contributed by atoms with Crippen LogP contribution in [-0.4, -0.2) is 23.1 Å². The number of thiazole rings is 1. The number of oxime groups is 1. The Morgan fingerprint density at radius 1 is 1.47 bits per heavy atom. The molecule has 0 saturated carbocycles. The van der Waals surface area contributed by atoms with Crippen molar-refractivity contribution in [1.82, 2.24) is 4.98 Å². The average Bonchev–Trinajstić information content (AvgIpc) is 2.83. The molecule has 1 heterocycles. The molecule has 0 aliphatic heterocycles. The molecule has 0 spiro atoms. The van der Waals surface area contributed by atoms with Crippen LogP contribution >= 0.6 is 11.3 Å². The summed E-state index contributed by atoms with van der Waals surface area (Å²) in [6.45, 7) is 2.67. The van der Waals surface area contributed by atoms with Crippen molar-refractivity contribution < 1.29 is 5.21 Å². The number of amidine groups is 1. The van der Waals surface area contributed by atoms with Crippen molar-refractivity contribution in [2.45, 2.75) is 13.5 Å². The minimum absolute atomic E-state index is 0.108. The van der Waals surface area contributed by atoms with Crippen LogP contribution in [0.4, 0.5) is 5.69 Å². The Hall–Kier alpha value is -2.08. The van der Waals surface area contributed by atoms with Crippen LogP contribution in [0.15, 0.2) is 34.8 Å². The summed E-state index contributed by atoms with van der Waals surface area (Å²) in [4.78, 5) is 6.47. The van der Waals surface area contributed by atoms with Crippen molar-refractivity contribution >= 4 is 22.9 Å². The van der Waals surface area contributed by atoms with Crippen LogP contribution in [0.25, 0.3) is 0 Å². The number of benzene rings is 1. The maximum atomic E-state index is 8.82. The topological polar surface area (TPSA) is 74.7 Å². The van der Waals surface area contributed by atoms with Gasteiger partial charge in [-0.3, -0.25) is 0 Å². The molecule has 5 nitrogen and oxygen atoms in total. The summed E-state index contributed by atoms with van der Waals surface area (Å²) in [5.74, 6) is 0.108. The van der Waals surface area contributed by atoms with Gasteiger partial charge in [-0.2, -0.15) is 0 Å². The lowest BCUT2D eigenvalue weighted by Crippen LogP contribution is -2.22. The number of nitrogens with zero attached hydrogens (tertiary/aromatic N) is 3. The Morgan fingerprint density at radius 2 is 2.21 bits per heavy atom. The smallest absolute Gasteiger partial charge is 0.172 e. The van der Waals surface area contributed by atoms with Gasteiger partial charge >= 0.3 is 0 Å². The van der Waals surface area contributed by atoms with E-state index in [0.717, 1.165) is 16.4 Å². The lowest BCUT2D eigenvalue weighted by molar-refractivity contribution is 0.318. The van der Waals surface area contributed by atoms with Crippen LogP contribution in [0, 0.1) is 6.92 Å². The summed E-state index contributed by atoms with van der Waals surface area (Å²) < 4.78 is 0. The van der Waals surface area contributed by atoms with Gasteiger partial charge in [0.05, 0.1) is 17.2 Å². The monoisotopic (exact) mass is 276 g/mol. The number of aromatic nitrogens is 1. The van der Waals surface area contributed by atoms with E-state index in [9.17, 15) is 0 Å². The van der Waals surface area contributed by atoms with E-state index in [1.165, 1.54) is 0 Å². The highest BCUT2D eigenvalue weighted by molar-refractivity contribution is 7.09. The van der Waals surface area contributed by atoms with E-state index in [4.69, 9.17) is 10.9 Å². The number of nitrogens with two attached hydrogens (primary N) is 1. The molecule has 0 amide bonds. The number of para-hydroxylation sites is 1. The number of hydrogen-bond donors (Lipinski definition) is 2. The fourth-order valence-electron chi connectivity index (χ4n) is 1.89. The first-order valence-electron chi connectivity index (χ1n) is 5.81. The third-order valence-corrected chi connectivity index (χ3v) is 3.59. The molecule has 0 atom stereocenters. The fraction of sp³-hybridized carbons (Fsp3) is 0.231. The Bertz CT molecular complexity index is 594. The molecular weight excluding hydrogens is 260 g/mol. The zero-order valence-electron chi connectivity index (χ0n) is 10.9. The van der Waals surface area contributed by atoms with Crippen LogP contribution in [-0.2, 0) is 6.54 Å². The first-order chi connectivity index (χ1) is 9.11. The first-order valence-corrected chi connectivity index (χ1v) is 6.69. The largest absolute Gasteiger partial charge is 0.409 e. The maximum Gasteiger partial charge on any atom is 0.172 e. The van der Waals surface area contributed by atoms with Crippen molar-refractivity contribution in [3.63, 3.8) is 0 Å². The summed E-state index contributed by atoms with van der Waals surface area (Å²) in [5.41, 5.74) is 8.32. The molecule has 2 rings (SSSR count). The van der Waals surface area contributed by atoms with Gasteiger partial charge in [-0.05, 0) is 19.1 Å². The van der Waals surface area contributed by atoms with E-state index < -0.39 is 0 Å². The van der Waals surface area contributed by atoms with E-state index in [0.29, 0.717) is 12.1 Å². The van der Waals surface area contributed by atoms with E-state index in [1.54, 1.807) is 11.3 Å². The zero-order chi connectivity index (χ0) is 13.8. The van der Waals surface area contributed by atoms with Gasteiger partial charge in [0.15, 0.2) is 5.84 Å². The molecule has 3 N–H and O–H groups in total. The molecule has 19 heavy (non-hydrogen) atoms. The lowest BCUT2D eigenvalue weighted by atomic mass is 10.1. The second-order valence-electron chi connectivity index (χ2n) is 4.22. The van der Waals surface area contributed by atoms with Gasteiger partial charge in [-0.1, -0.05) is 17.3 Å². The van der Waals surface area contributed by atoms with Crippen LogP contribution in [0.1, 0.15) is 16.3 Å². The number of anilines is 1. The summed E-state index contributed by atoms with van der Waals surface area (Å²) in [5, 5.41) is 15.0. The van der Waals surface area contributed by atoms with E-state index in [-0.39, 0.29) is 5.84 Å². The SMILES string of the molecule is Cc1nc(CN(C)c2ccccc2C(N)=NO)cs1. The molecule has 2 aromatic rings. The molecule has 0 unspecified atom stereocenters. The molecule has 1 aromatic heterocycles. The Morgan fingerprint density at radius 3 is 2.84 bits per heavy atom. The highest BCUT2D eigenvalue weighted by Crippen LogP contribution is 2.21. The predicted molar refractivity (Wildman–Crippen MR) is 77.9 cm³/mol. The number of rotatable bonds is 4. The molecule has 0 radical (unpaired) electrons. The third-order valence-electron chi connectivity index (χ3n) is 2.76. The highest BCUT2D eigenvalue weighted by Gasteiger charge is 2.11. The van der Waals surface area contributed by atoms with Crippen molar-refractivity contribution in [3.05, 3.63) is 45.9 Å². The summed E-state index contributed by atoms with van der Waals surface area (Å²) in [6, 6.07) is 7.55. The zero-order valence-corrected chi connectivity index (χ0v) is 11.7. The molecule has 0 aliphatic carbocycles. The molecule has 1 aromatic carbocycles. The van der Waals surface area contributed by atoms with Gasteiger partial charge in [0.2, 0.25) is 0 Å². The molecule has 0 aliphatic rings. The van der Waals surface area contributed by atoms with Crippen LogP contribution in [0.5, 0.6) is 0 Å². The van der Waals surface area contributed by atoms with Gasteiger partial charge in [0.25, 0.3) is 0 Å². The molecule has 100 valence electrons. The van der Waals surface area contributed by atoms with E-state index >= 15 is 0 Å². The summed E-state index contributed by atoms with van der Waals surface area (Å²) >= 11 is 1.63. The Labute approximate surface area is 116 Å². The molecule has 0 fully saturated rings. The first kappa shape index (κ1) is 13.4. The second kappa shape index (κ2) is 5.71. The van der Waals surface area contributed by atoms with Crippen molar-refractivity contribution in [3.8, 4) is 0 Å². The molecule has 6 heteroatoms. The van der Waals surface area contributed by atoms with Crippen LogP contribution < -0.4 is 10.6 Å². The normalized spacial score (nSPS) is 11.6. The molecular formula is C13H16N4OS. The van der Waals surface area contributed by atoms with Gasteiger partial charge in [0.1, 0.15) is 0 Å². The van der Waals surface area contributed by atoms with Gasteiger partial charge in [-0.25, -0.2) is 4.98 Å². The highest BCUT2D eigenvalue weighted by atomic mass is 32.1. The summed E-state index contributed by atoms with van der Waals surface area (Å²) in [6.07, 6.45) is 0. The molecule has 0 bridgehead atoms. The van der Waals surface area contributed by atoms with Gasteiger partial charge in [-0.15, -0.1) is 11.3 Å². The van der Waals surface area contributed by atoms with Crippen LogP contribution in [0.2, 0.25) is 0 Å². The minimum atomic E-state index is 0.108. The Balaban J connectivity index is 2.26. The summed E-state index contributed by atoms with van der Waals surface area (Å²) in [7, 11) is 1.96. The van der Waals surface area contributed by atoms with Crippen LogP contribution in [0.3, 0.4) is 0 Å². The van der Waals surface area contributed by atoms with E-state index in [2.05, 4.69) is 10.1 Å². The van der Waals surface area contributed by atoms with Crippen molar-refractivity contribution in [2.75, 3.05) is 11.9 Å². The average molecular weight is 276 g/mol. The van der Waals surface area contributed by atoms with E-state index in [1.807, 2.05) is 48.5 Å². The minimum Gasteiger partial charge on any atom is -0.409 e. The van der Waals surface area contributed by atoms with Gasteiger partial charge < -0.3 is 15.8 Å². The maximum absolute atomic E-state index is 8.82. The fourth-order valence-corrected chi connectivity index (χ4v) is 2.49. The predicted octanol–water partition coefficient (Wildman–Crippen LogP) is 2.18. The lowest BCUT2D eigenvalue weighted by Gasteiger charge is -2.21. The third kappa shape index (κ3) is 3.03. The Kier molecular flexibility index (Phi) is 4.01. The van der Waals surface area contributed by atoms with Gasteiger partial charge in [0, 0.05) is 23.7 Å². The number of aryl methyl sites for hydroxylation is 1. The standard InChI is InChI=1S/C13H16N4OS/c1-9-15-10(8-19-9)7-17(2)12-6-4-3-5-11(12)13(14)16-18/h3-6,8,18H,7H2,1-2H3,(H2,14,16). The molecule has 0 saturated heterocycles.